The van der Waals surface area contributed by atoms with E-state index >= 15 is 0 Å². The highest BCUT2D eigenvalue weighted by molar-refractivity contribution is 9.10. The Labute approximate surface area is 106 Å². The van der Waals surface area contributed by atoms with E-state index < -0.39 is 0 Å². The Morgan fingerprint density at radius 2 is 2.19 bits per heavy atom. The van der Waals surface area contributed by atoms with Gasteiger partial charge in [-0.2, -0.15) is 0 Å². The largest absolute Gasteiger partial charge is 0.388 e. The van der Waals surface area contributed by atoms with Crippen molar-refractivity contribution in [1.29, 1.82) is 0 Å². The van der Waals surface area contributed by atoms with E-state index in [1.807, 2.05) is 12.1 Å². The average molecular weight is 303 g/mol. The summed E-state index contributed by atoms with van der Waals surface area (Å²) in [6, 6.07) is 5.54. The second-order valence-electron chi connectivity index (χ2n) is 3.28. The second-order valence-corrected chi connectivity index (χ2v) is 4.60. The van der Waals surface area contributed by atoms with E-state index in [4.69, 9.17) is 16.7 Å². The van der Waals surface area contributed by atoms with E-state index in [1.54, 1.807) is 17.7 Å². The minimum Gasteiger partial charge on any atom is -0.388 e. The van der Waals surface area contributed by atoms with Crippen LogP contribution in [0.1, 0.15) is 5.82 Å². The highest BCUT2D eigenvalue weighted by atomic mass is 79.9. The van der Waals surface area contributed by atoms with Crippen LogP contribution in [0, 0.1) is 0 Å². The number of aromatic nitrogens is 3. The van der Waals surface area contributed by atoms with Crippen molar-refractivity contribution in [3.8, 4) is 11.4 Å². The molecule has 0 aliphatic heterocycles. The van der Waals surface area contributed by atoms with Crippen LogP contribution in [-0.4, -0.2) is 19.9 Å². The van der Waals surface area contributed by atoms with Crippen molar-refractivity contribution in [3.05, 3.63) is 33.5 Å². The second kappa shape index (κ2) is 4.53. The molecule has 16 heavy (non-hydrogen) atoms. The van der Waals surface area contributed by atoms with Crippen molar-refractivity contribution in [1.82, 2.24) is 14.8 Å². The van der Waals surface area contributed by atoms with E-state index in [0.717, 1.165) is 10.0 Å². The first-order valence-corrected chi connectivity index (χ1v) is 5.75. The van der Waals surface area contributed by atoms with Crippen LogP contribution in [-0.2, 0) is 13.7 Å². The van der Waals surface area contributed by atoms with Gasteiger partial charge < -0.3 is 9.67 Å². The summed E-state index contributed by atoms with van der Waals surface area (Å²) in [5, 5.41) is 17.5. The molecular formula is C10H9BrClN3O. The Bertz CT molecular complexity index is 527. The normalized spacial score (nSPS) is 10.8. The van der Waals surface area contributed by atoms with Crippen LogP contribution in [0.3, 0.4) is 0 Å². The minimum absolute atomic E-state index is 0.141. The maximum Gasteiger partial charge on any atom is 0.165 e. The van der Waals surface area contributed by atoms with Gasteiger partial charge in [-0.25, -0.2) is 0 Å². The molecular weight excluding hydrogens is 293 g/mol. The highest BCUT2D eigenvalue weighted by Crippen LogP contribution is 2.29. The lowest BCUT2D eigenvalue weighted by atomic mass is 10.2. The molecule has 0 fully saturated rings. The zero-order chi connectivity index (χ0) is 11.7. The molecule has 0 saturated heterocycles. The number of aliphatic hydroxyl groups excluding tert-OH is 1. The summed E-state index contributed by atoms with van der Waals surface area (Å²) in [6.07, 6.45) is 0. The fourth-order valence-electron chi connectivity index (χ4n) is 1.40. The van der Waals surface area contributed by atoms with Gasteiger partial charge in [0.05, 0.1) is 5.02 Å². The van der Waals surface area contributed by atoms with E-state index in [-0.39, 0.29) is 6.61 Å². The van der Waals surface area contributed by atoms with Crippen LogP contribution in [0.2, 0.25) is 5.02 Å². The fourth-order valence-corrected chi connectivity index (χ4v) is 2.16. The predicted octanol–water partition coefficient (Wildman–Crippen LogP) is 2.39. The minimum atomic E-state index is -0.141. The maximum absolute atomic E-state index is 9.03. The van der Waals surface area contributed by atoms with Crippen LogP contribution in [0.5, 0.6) is 0 Å². The number of nitrogens with zero attached hydrogens (tertiary/aromatic N) is 3. The Morgan fingerprint density at radius 1 is 1.44 bits per heavy atom. The number of benzene rings is 1. The highest BCUT2D eigenvalue weighted by Gasteiger charge is 2.12. The molecule has 0 aliphatic carbocycles. The molecule has 1 aromatic carbocycles. The van der Waals surface area contributed by atoms with E-state index in [0.29, 0.717) is 16.7 Å². The van der Waals surface area contributed by atoms with Gasteiger partial charge in [0.25, 0.3) is 0 Å². The monoisotopic (exact) mass is 301 g/mol. The summed E-state index contributed by atoms with van der Waals surface area (Å²) in [5.41, 5.74) is 0.791. The first-order valence-electron chi connectivity index (χ1n) is 4.58. The van der Waals surface area contributed by atoms with Gasteiger partial charge in [-0.05, 0) is 18.2 Å². The van der Waals surface area contributed by atoms with E-state index in [2.05, 4.69) is 26.1 Å². The summed E-state index contributed by atoms with van der Waals surface area (Å²) in [6.45, 7) is -0.141. The van der Waals surface area contributed by atoms with Crippen LogP contribution >= 0.6 is 27.5 Å². The molecule has 0 radical (unpaired) electrons. The molecule has 1 N–H and O–H groups in total. The lowest BCUT2D eigenvalue weighted by Gasteiger charge is -2.04. The van der Waals surface area contributed by atoms with E-state index in [9.17, 15) is 0 Å². The van der Waals surface area contributed by atoms with E-state index in [1.165, 1.54) is 0 Å². The molecule has 84 valence electrons. The molecule has 0 bridgehead atoms. The predicted molar refractivity (Wildman–Crippen MR) is 65.1 cm³/mol. The van der Waals surface area contributed by atoms with Crippen LogP contribution < -0.4 is 0 Å². The zero-order valence-electron chi connectivity index (χ0n) is 8.48. The summed E-state index contributed by atoms with van der Waals surface area (Å²) in [5.74, 6) is 1.15. The molecule has 2 aromatic rings. The molecule has 4 nitrogen and oxygen atoms in total. The first-order chi connectivity index (χ1) is 7.63. The zero-order valence-corrected chi connectivity index (χ0v) is 10.8. The van der Waals surface area contributed by atoms with Crippen molar-refractivity contribution in [2.45, 2.75) is 6.61 Å². The van der Waals surface area contributed by atoms with Gasteiger partial charge in [-0.15, -0.1) is 10.2 Å². The third-order valence-corrected chi connectivity index (χ3v) is 3.08. The molecule has 2 rings (SSSR count). The van der Waals surface area contributed by atoms with Gasteiger partial charge in [0.1, 0.15) is 6.61 Å². The topological polar surface area (TPSA) is 50.9 Å². The molecule has 1 aromatic heterocycles. The Hall–Kier alpha value is -0.910. The van der Waals surface area contributed by atoms with Gasteiger partial charge in [0.15, 0.2) is 11.6 Å². The van der Waals surface area contributed by atoms with Gasteiger partial charge in [-0.3, -0.25) is 0 Å². The lowest BCUT2D eigenvalue weighted by Crippen LogP contribution is -1.99. The summed E-state index contributed by atoms with van der Waals surface area (Å²) < 4.78 is 2.63. The van der Waals surface area contributed by atoms with Crippen molar-refractivity contribution in [2.24, 2.45) is 7.05 Å². The number of aliphatic hydroxyl groups is 1. The lowest BCUT2D eigenvalue weighted by molar-refractivity contribution is 0.267. The molecule has 6 heteroatoms. The number of rotatable bonds is 2. The maximum atomic E-state index is 9.03. The third kappa shape index (κ3) is 1.98. The molecule has 1 heterocycles. The smallest absolute Gasteiger partial charge is 0.165 e. The van der Waals surface area contributed by atoms with Gasteiger partial charge in [0, 0.05) is 17.1 Å². The van der Waals surface area contributed by atoms with Crippen molar-refractivity contribution in [2.75, 3.05) is 0 Å². The van der Waals surface area contributed by atoms with Crippen molar-refractivity contribution >= 4 is 27.5 Å². The quantitative estimate of drug-likeness (QED) is 0.927. The fraction of sp³-hybridized carbons (Fsp3) is 0.200. The van der Waals surface area contributed by atoms with Crippen molar-refractivity contribution < 1.29 is 5.11 Å². The van der Waals surface area contributed by atoms with Gasteiger partial charge in [0.2, 0.25) is 0 Å². The SMILES string of the molecule is Cn1c(CO)nnc1-c1ccc(Br)cc1Cl. The average Bonchev–Trinajstić information content (AvgIpc) is 2.60. The third-order valence-electron chi connectivity index (χ3n) is 2.28. The standard InChI is InChI=1S/C10H9BrClN3O/c1-15-9(5-16)13-14-10(15)7-3-2-6(11)4-8(7)12/h2-4,16H,5H2,1H3. The van der Waals surface area contributed by atoms with Gasteiger partial charge >= 0.3 is 0 Å². The molecule has 0 aliphatic rings. The van der Waals surface area contributed by atoms with Crippen LogP contribution in [0.15, 0.2) is 22.7 Å². The Kier molecular flexibility index (Phi) is 3.28. The first kappa shape index (κ1) is 11.6. The number of halogens is 2. The molecule has 0 spiro atoms. The molecule has 0 saturated carbocycles. The molecule has 0 unspecified atom stereocenters. The Morgan fingerprint density at radius 3 is 2.75 bits per heavy atom. The molecule has 0 amide bonds. The Balaban J connectivity index is 2.54. The van der Waals surface area contributed by atoms with Gasteiger partial charge in [-0.1, -0.05) is 27.5 Å². The molecule has 0 atom stereocenters. The number of hydrogen-bond acceptors (Lipinski definition) is 3. The van der Waals surface area contributed by atoms with Crippen LogP contribution in [0.25, 0.3) is 11.4 Å². The van der Waals surface area contributed by atoms with Crippen molar-refractivity contribution in [3.63, 3.8) is 0 Å². The summed E-state index contributed by atoms with van der Waals surface area (Å²) in [7, 11) is 1.79. The summed E-state index contributed by atoms with van der Waals surface area (Å²) in [4.78, 5) is 0. The summed E-state index contributed by atoms with van der Waals surface area (Å²) >= 11 is 9.45. The van der Waals surface area contributed by atoms with Crippen LogP contribution in [0.4, 0.5) is 0 Å². The number of hydrogen-bond donors (Lipinski definition) is 1.